The van der Waals surface area contributed by atoms with Crippen LogP contribution in [0.3, 0.4) is 0 Å². The third kappa shape index (κ3) is 4.89. The zero-order valence-electron chi connectivity index (χ0n) is 9.82. The van der Waals surface area contributed by atoms with Crippen LogP contribution in [0.25, 0.3) is 0 Å². The number of tetrazole rings is 1. The lowest BCUT2D eigenvalue weighted by molar-refractivity contribution is 0.0674. The van der Waals surface area contributed by atoms with E-state index in [0.717, 1.165) is 12.7 Å². The molecule has 7 heteroatoms. The minimum atomic E-state index is -1.00. The molecule has 0 amide bonds. The molecule has 0 radical (unpaired) electrons. The predicted octanol–water partition coefficient (Wildman–Crippen LogP) is 1.03. The first kappa shape index (κ1) is 12.1. The number of nitrogens with zero attached hydrogens (tertiary/aromatic N) is 4. The highest BCUT2D eigenvalue weighted by Crippen LogP contribution is 2.07. The van der Waals surface area contributed by atoms with Crippen LogP contribution in [0.15, 0.2) is 0 Å². The largest absolute Gasteiger partial charge is 0.358 e. The molecule has 0 spiro atoms. The summed E-state index contributed by atoms with van der Waals surface area (Å²) in [5.74, 6) is 0.517. The lowest BCUT2D eigenvalue weighted by Gasteiger charge is -2.14. The Morgan fingerprint density at radius 3 is 2.67 bits per heavy atom. The van der Waals surface area contributed by atoms with Crippen LogP contribution in [0.2, 0.25) is 25.7 Å². The Labute approximate surface area is 91.0 Å². The van der Waals surface area contributed by atoms with Gasteiger partial charge in [0.2, 0.25) is 0 Å². The van der Waals surface area contributed by atoms with Crippen molar-refractivity contribution >= 4 is 14.0 Å². The molecule has 0 aliphatic heterocycles. The van der Waals surface area contributed by atoms with Crippen molar-refractivity contribution in [2.45, 2.75) is 32.4 Å². The van der Waals surface area contributed by atoms with Crippen LogP contribution < -0.4 is 5.32 Å². The lowest BCUT2D eigenvalue weighted by Crippen LogP contribution is -2.22. The molecular formula is C8H19N5OSi. The molecule has 1 heterocycles. The second kappa shape index (κ2) is 5.22. The molecule has 0 unspecified atom stereocenters. The fraction of sp³-hybridized carbons (Fsp3) is 0.875. The van der Waals surface area contributed by atoms with E-state index >= 15 is 0 Å². The van der Waals surface area contributed by atoms with Crippen LogP contribution >= 0.6 is 0 Å². The molecule has 0 aliphatic rings. The molecule has 1 N–H and O–H groups in total. The molecule has 0 atom stereocenters. The summed E-state index contributed by atoms with van der Waals surface area (Å²) in [5, 5.41) is 14.4. The molecule has 1 aromatic heterocycles. The van der Waals surface area contributed by atoms with Crippen molar-refractivity contribution in [1.82, 2.24) is 20.2 Å². The quantitative estimate of drug-likeness (QED) is 0.583. The van der Waals surface area contributed by atoms with E-state index in [1.807, 2.05) is 0 Å². The van der Waals surface area contributed by atoms with Crippen molar-refractivity contribution < 1.29 is 4.74 Å². The molecule has 0 saturated carbocycles. The maximum Gasteiger partial charge on any atom is 0.263 e. The molecule has 6 nitrogen and oxygen atoms in total. The van der Waals surface area contributed by atoms with Crippen LogP contribution in [0, 0.1) is 0 Å². The van der Waals surface area contributed by atoms with Gasteiger partial charge in [0.1, 0.15) is 0 Å². The number of rotatable bonds is 6. The molecule has 0 fully saturated rings. The van der Waals surface area contributed by atoms with E-state index < -0.39 is 8.07 Å². The second-order valence-corrected chi connectivity index (χ2v) is 10.2. The average Bonchev–Trinajstić information content (AvgIpc) is 2.59. The molecule has 0 aromatic carbocycles. The lowest BCUT2D eigenvalue weighted by atomic mass is 10.8. The Morgan fingerprint density at radius 1 is 1.40 bits per heavy atom. The fourth-order valence-electron chi connectivity index (χ4n) is 0.923. The van der Waals surface area contributed by atoms with Crippen molar-refractivity contribution in [2.24, 2.45) is 0 Å². The van der Waals surface area contributed by atoms with Crippen molar-refractivity contribution in [3.05, 3.63) is 0 Å². The number of ether oxygens (including phenoxy) is 1. The molecule has 86 valence electrons. The number of anilines is 1. The average molecular weight is 229 g/mol. The molecule has 0 saturated heterocycles. The highest BCUT2D eigenvalue weighted by atomic mass is 28.3. The summed E-state index contributed by atoms with van der Waals surface area (Å²) in [6.07, 6.45) is 0. The zero-order valence-corrected chi connectivity index (χ0v) is 10.8. The van der Waals surface area contributed by atoms with E-state index in [9.17, 15) is 0 Å². The summed E-state index contributed by atoms with van der Waals surface area (Å²) in [7, 11) is 0.757. The molecule has 0 aliphatic carbocycles. The number of hydrogen-bond donors (Lipinski definition) is 1. The van der Waals surface area contributed by atoms with E-state index in [0.29, 0.717) is 12.7 Å². The Morgan fingerprint density at radius 2 is 2.13 bits per heavy atom. The van der Waals surface area contributed by atoms with Gasteiger partial charge in [-0.1, -0.05) is 24.7 Å². The van der Waals surface area contributed by atoms with Gasteiger partial charge >= 0.3 is 0 Å². The van der Waals surface area contributed by atoms with Gasteiger partial charge in [0.15, 0.2) is 6.73 Å². The molecule has 1 aromatic rings. The van der Waals surface area contributed by atoms with Gasteiger partial charge in [0.05, 0.1) is 0 Å². The highest BCUT2D eigenvalue weighted by molar-refractivity contribution is 6.76. The van der Waals surface area contributed by atoms with Gasteiger partial charge in [-0.25, -0.2) is 0 Å². The van der Waals surface area contributed by atoms with E-state index in [4.69, 9.17) is 4.74 Å². The third-order valence-corrected chi connectivity index (χ3v) is 3.58. The van der Waals surface area contributed by atoms with Crippen LogP contribution in [-0.4, -0.2) is 41.9 Å². The monoisotopic (exact) mass is 229 g/mol. The first-order valence-electron chi connectivity index (χ1n) is 5.04. The molecular weight excluding hydrogens is 210 g/mol. The van der Waals surface area contributed by atoms with Gasteiger partial charge in [0, 0.05) is 21.7 Å². The molecule has 0 bridgehead atoms. The van der Waals surface area contributed by atoms with Gasteiger partial charge in [0.25, 0.3) is 5.95 Å². The van der Waals surface area contributed by atoms with Gasteiger partial charge < -0.3 is 10.1 Å². The Bertz CT molecular complexity index is 295. The van der Waals surface area contributed by atoms with Crippen molar-refractivity contribution in [3.8, 4) is 0 Å². The maximum atomic E-state index is 5.46. The normalized spacial score (nSPS) is 11.7. The predicted molar refractivity (Wildman–Crippen MR) is 61.5 cm³/mol. The van der Waals surface area contributed by atoms with Gasteiger partial charge in [-0.15, -0.1) is 9.90 Å². The van der Waals surface area contributed by atoms with Crippen LogP contribution in [-0.2, 0) is 11.5 Å². The van der Waals surface area contributed by atoms with Crippen LogP contribution in [0.4, 0.5) is 5.95 Å². The smallest absolute Gasteiger partial charge is 0.263 e. The van der Waals surface area contributed by atoms with Crippen LogP contribution in [0.5, 0.6) is 0 Å². The summed E-state index contributed by atoms with van der Waals surface area (Å²) in [5.41, 5.74) is 0. The highest BCUT2D eigenvalue weighted by Gasteiger charge is 2.12. The zero-order chi connectivity index (χ0) is 11.3. The van der Waals surface area contributed by atoms with Gasteiger partial charge in [-0.2, -0.15) is 0 Å². The van der Waals surface area contributed by atoms with Gasteiger partial charge in [-0.05, 0) is 11.3 Å². The topological polar surface area (TPSA) is 64.9 Å². The Balaban J connectivity index is 2.20. The summed E-state index contributed by atoms with van der Waals surface area (Å²) in [4.78, 5) is 1.44. The standard InChI is InChI=1S/C8H19N5OSi/c1-9-8-10-12-13(11-8)7-14-5-6-15(2,3)4/h5-7H2,1-4H3,(H,9,11). The fourth-order valence-corrected chi connectivity index (χ4v) is 1.68. The SMILES string of the molecule is CNc1nnn(COCC[Si](C)(C)C)n1. The van der Waals surface area contributed by atoms with E-state index in [2.05, 4.69) is 40.4 Å². The van der Waals surface area contributed by atoms with E-state index in [-0.39, 0.29) is 0 Å². The summed E-state index contributed by atoms with van der Waals surface area (Å²) >= 11 is 0. The summed E-state index contributed by atoms with van der Waals surface area (Å²) in [6.45, 7) is 8.11. The Kier molecular flexibility index (Phi) is 4.22. The van der Waals surface area contributed by atoms with E-state index in [1.54, 1.807) is 7.05 Å². The summed E-state index contributed by atoms with van der Waals surface area (Å²) < 4.78 is 5.46. The van der Waals surface area contributed by atoms with Crippen molar-refractivity contribution in [3.63, 3.8) is 0 Å². The minimum absolute atomic E-state index is 0.374. The first-order valence-corrected chi connectivity index (χ1v) is 8.75. The number of hydrogen-bond acceptors (Lipinski definition) is 5. The van der Waals surface area contributed by atoms with Gasteiger partial charge in [-0.3, -0.25) is 0 Å². The van der Waals surface area contributed by atoms with Crippen LogP contribution in [0.1, 0.15) is 0 Å². The summed E-state index contributed by atoms with van der Waals surface area (Å²) in [6, 6.07) is 1.15. The van der Waals surface area contributed by atoms with E-state index in [1.165, 1.54) is 4.80 Å². The maximum absolute atomic E-state index is 5.46. The minimum Gasteiger partial charge on any atom is -0.358 e. The van der Waals surface area contributed by atoms with Crippen molar-refractivity contribution in [1.29, 1.82) is 0 Å². The molecule has 15 heavy (non-hydrogen) atoms. The first-order chi connectivity index (χ1) is 7.01. The second-order valence-electron chi connectivity index (χ2n) is 4.58. The number of nitrogens with one attached hydrogen (secondary N) is 1. The Hall–Kier alpha value is -0.953. The third-order valence-electron chi connectivity index (χ3n) is 1.88. The molecule has 1 rings (SSSR count). The van der Waals surface area contributed by atoms with Crippen molar-refractivity contribution in [2.75, 3.05) is 19.0 Å². The number of aromatic nitrogens is 4.